The van der Waals surface area contributed by atoms with E-state index >= 15 is 0 Å². The maximum atomic E-state index is 8.81. The van der Waals surface area contributed by atoms with Gasteiger partial charge in [0.15, 0.2) is 0 Å². The van der Waals surface area contributed by atoms with Crippen molar-refractivity contribution in [2.24, 2.45) is 0 Å². The van der Waals surface area contributed by atoms with E-state index < -0.39 is 0 Å². The van der Waals surface area contributed by atoms with Gasteiger partial charge in [-0.3, -0.25) is 0 Å². The Morgan fingerprint density at radius 1 is 1.25 bits per heavy atom. The Hall–Kier alpha value is -1.97. The molecule has 0 amide bonds. The minimum Gasteiger partial charge on any atom is -0.371 e. The molecule has 3 heteroatoms. The second kappa shape index (κ2) is 7.58. The fourth-order valence-electron chi connectivity index (χ4n) is 2.55. The molecule has 2 rings (SSSR count). The zero-order chi connectivity index (χ0) is 14.2. The topological polar surface area (TPSA) is 39.1 Å². The monoisotopic (exact) mass is 267 g/mol. The van der Waals surface area contributed by atoms with E-state index in [1.165, 1.54) is 18.5 Å². The molecule has 0 spiro atoms. The van der Waals surface area contributed by atoms with Crippen LogP contribution in [0.2, 0.25) is 0 Å². The minimum absolute atomic E-state index is 0.614. The first-order valence-corrected chi connectivity index (χ1v) is 7.21. The molecular weight excluding hydrogens is 246 g/mol. The van der Waals surface area contributed by atoms with E-state index in [0.717, 1.165) is 31.6 Å². The van der Waals surface area contributed by atoms with Crippen LogP contribution in [0, 0.1) is 23.2 Å². The van der Waals surface area contributed by atoms with Crippen LogP contribution in [0.5, 0.6) is 0 Å². The summed E-state index contributed by atoms with van der Waals surface area (Å²) in [6.07, 6.45) is 3.27. The zero-order valence-electron chi connectivity index (χ0n) is 12.0. The van der Waals surface area contributed by atoms with Gasteiger partial charge in [0.2, 0.25) is 0 Å². The molecule has 1 heterocycles. The Morgan fingerprint density at radius 2 is 1.95 bits per heavy atom. The van der Waals surface area contributed by atoms with E-state index in [0.29, 0.717) is 6.04 Å². The van der Waals surface area contributed by atoms with Crippen LogP contribution < -0.4 is 10.2 Å². The highest BCUT2D eigenvalue weighted by Gasteiger charge is 2.18. The molecule has 1 saturated heterocycles. The van der Waals surface area contributed by atoms with Crippen LogP contribution in [0.1, 0.15) is 31.7 Å². The van der Waals surface area contributed by atoms with Crippen molar-refractivity contribution in [1.29, 1.82) is 5.26 Å². The molecule has 104 valence electrons. The molecule has 0 unspecified atom stereocenters. The summed E-state index contributed by atoms with van der Waals surface area (Å²) in [5.74, 6) is 6.01. The maximum absolute atomic E-state index is 8.81. The molecule has 0 aromatic heterocycles. The highest BCUT2D eigenvalue weighted by atomic mass is 15.1. The standard InChI is InChI=1S/C17H21N3/c1-2-3-4-11-19-16-9-12-20(13-10-16)17-7-5-15(14-18)6-8-17/h5-8,16,19H,4,9-13H2,1H3. The molecule has 1 aromatic rings. The van der Waals surface area contributed by atoms with Gasteiger partial charge in [-0.25, -0.2) is 0 Å². The predicted molar refractivity (Wildman–Crippen MR) is 82.5 cm³/mol. The lowest BCUT2D eigenvalue weighted by Crippen LogP contribution is -2.42. The van der Waals surface area contributed by atoms with Gasteiger partial charge in [0.05, 0.1) is 11.6 Å². The first-order valence-electron chi connectivity index (χ1n) is 7.21. The molecule has 3 nitrogen and oxygen atoms in total. The highest BCUT2D eigenvalue weighted by molar-refractivity contribution is 5.50. The third-order valence-corrected chi connectivity index (χ3v) is 3.72. The Balaban J connectivity index is 1.78. The lowest BCUT2D eigenvalue weighted by Gasteiger charge is -2.34. The molecule has 1 aliphatic heterocycles. The van der Waals surface area contributed by atoms with E-state index in [9.17, 15) is 0 Å². The first-order chi connectivity index (χ1) is 9.83. The maximum Gasteiger partial charge on any atom is 0.0991 e. The van der Waals surface area contributed by atoms with Crippen molar-refractivity contribution in [3.05, 3.63) is 29.8 Å². The van der Waals surface area contributed by atoms with Crippen molar-refractivity contribution in [3.63, 3.8) is 0 Å². The van der Waals surface area contributed by atoms with Crippen LogP contribution in [-0.2, 0) is 0 Å². The molecule has 0 radical (unpaired) electrons. The van der Waals surface area contributed by atoms with Crippen LogP contribution in [0.4, 0.5) is 5.69 Å². The summed E-state index contributed by atoms with van der Waals surface area (Å²) in [4.78, 5) is 2.39. The smallest absolute Gasteiger partial charge is 0.0991 e. The Morgan fingerprint density at radius 3 is 2.55 bits per heavy atom. The van der Waals surface area contributed by atoms with E-state index in [2.05, 4.69) is 28.1 Å². The molecular formula is C17H21N3. The lowest BCUT2D eigenvalue weighted by molar-refractivity contribution is 0.419. The summed E-state index contributed by atoms with van der Waals surface area (Å²) < 4.78 is 0. The minimum atomic E-state index is 0.614. The van der Waals surface area contributed by atoms with Crippen LogP contribution in [0.25, 0.3) is 0 Å². The number of rotatable bonds is 4. The summed E-state index contributed by atoms with van der Waals surface area (Å²) in [6, 6.07) is 10.6. The van der Waals surface area contributed by atoms with Crippen molar-refractivity contribution in [2.75, 3.05) is 24.5 Å². The number of hydrogen-bond donors (Lipinski definition) is 1. The zero-order valence-corrected chi connectivity index (χ0v) is 12.0. The fourth-order valence-corrected chi connectivity index (χ4v) is 2.55. The largest absolute Gasteiger partial charge is 0.371 e. The van der Waals surface area contributed by atoms with Crippen LogP contribution in [-0.4, -0.2) is 25.7 Å². The number of nitrogens with zero attached hydrogens (tertiary/aromatic N) is 2. The quantitative estimate of drug-likeness (QED) is 0.673. The molecule has 1 N–H and O–H groups in total. The predicted octanol–water partition coefficient (Wildman–Crippen LogP) is 2.53. The second-order valence-corrected chi connectivity index (χ2v) is 5.05. The van der Waals surface area contributed by atoms with Crippen molar-refractivity contribution >= 4 is 5.69 Å². The molecule has 0 aliphatic carbocycles. The summed E-state index contributed by atoms with van der Waals surface area (Å²) >= 11 is 0. The van der Waals surface area contributed by atoms with E-state index in [1.54, 1.807) is 0 Å². The normalized spacial score (nSPS) is 15.3. The van der Waals surface area contributed by atoms with Gasteiger partial charge in [-0.15, -0.1) is 11.8 Å². The van der Waals surface area contributed by atoms with Crippen molar-refractivity contribution in [1.82, 2.24) is 5.32 Å². The second-order valence-electron chi connectivity index (χ2n) is 5.05. The van der Waals surface area contributed by atoms with Gasteiger partial charge >= 0.3 is 0 Å². The van der Waals surface area contributed by atoms with Crippen molar-refractivity contribution in [3.8, 4) is 17.9 Å². The van der Waals surface area contributed by atoms with E-state index in [4.69, 9.17) is 5.26 Å². The third kappa shape index (κ3) is 4.02. The molecule has 0 atom stereocenters. The van der Waals surface area contributed by atoms with Gasteiger partial charge in [-0.1, -0.05) is 0 Å². The van der Waals surface area contributed by atoms with Crippen LogP contribution in [0.3, 0.4) is 0 Å². The average Bonchev–Trinajstić information content (AvgIpc) is 2.52. The number of nitrogens with one attached hydrogen (secondary N) is 1. The summed E-state index contributed by atoms with van der Waals surface area (Å²) in [7, 11) is 0. The van der Waals surface area contributed by atoms with Crippen molar-refractivity contribution in [2.45, 2.75) is 32.2 Å². The number of piperidine rings is 1. The third-order valence-electron chi connectivity index (χ3n) is 3.72. The molecule has 0 saturated carbocycles. The SMILES string of the molecule is CC#CCCNC1CCN(c2ccc(C#N)cc2)CC1. The molecule has 1 fully saturated rings. The van der Waals surface area contributed by atoms with Gasteiger partial charge in [-0.05, 0) is 44.0 Å². The van der Waals surface area contributed by atoms with Crippen molar-refractivity contribution < 1.29 is 0 Å². The number of benzene rings is 1. The number of nitriles is 1. The Kier molecular flexibility index (Phi) is 5.47. The molecule has 20 heavy (non-hydrogen) atoms. The number of anilines is 1. The summed E-state index contributed by atoms with van der Waals surface area (Å²) in [5.41, 5.74) is 1.95. The molecule has 1 aliphatic rings. The highest BCUT2D eigenvalue weighted by Crippen LogP contribution is 2.20. The van der Waals surface area contributed by atoms with Crippen LogP contribution in [0.15, 0.2) is 24.3 Å². The molecule has 1 aromatic carbocycles. The van der Waals surface area contributed by atoms with Crippen LogP contribution >= 0.6 is 0 Å². The number of hydrogen-bond acceptors (Lipinski definition) is 3. The van der Waals surface area contributed by atoms with E-state index in [1.807, 2.05) is 31.2 Å². The van der Waals surface area contributed by atoms with Gasteiger partial charge in [0.25, 0.3) is 0 Å². The van der Waals surface area contributed by atoms with Gasteiger partial charge in [-0.2, -0.15) is 5.26 Å². The van der Waals surface area contributed by atoms with Gasteiger partial charge in [0, 0.05) is 37.8 Å². The lowest BCUT2D eigenvalue weighted by atomic mass is 10.0. The Bertz CT molecular complexity index is 508. The van der Waals surface area contributed by atoms with Gasteiger partial charge < -0.3 is 10.2 Å². The summed E-state index contributed by atoms with van der Waals surface area (Å²) in [5, 5.41) is 12.4. The molecule has 0 bridgehead atoms. The van der Waals surface area contributed by atoms with E-state index in [-0.39, 0.29) is 0 Å². The fraction of sp³-hybridized carbons (Fsp3) is 0.471. The average molecular weight is 267 g/mol. The van der Waals surface area contributed by atoms with Gasteiger partial charge in [0.1, 0.15) is 0 Å². The Labute approximate surface area is 121 Å². The summed E-state index contributed by atoms with van der Waals surface area (Å²) in [6.45, 7) is 5.02. The first kappa shape index (κ1) is 14.4.